The van der Waals surface area contributed by atoms with Crippen LogP contribution in [0.3, 0.4) is 0 Å². The van der Waals surface area contributed by atoms with Gasteiger partial charge in [-0.05, 0) is 55.6 Å². The van der Waals surface area contributed by atoms with Gasteiger partial charge in [-0.3, -0.25) is 4.79 Å². The van der Waals surface area contributed by atoms with E-state index in [1.54, 1.807) is 23.1 Å². The van der Waals surface area contributed by atoms with Crippen LogP contribution in [0.5, 0.6) is 0 Å². The van der Waals surface area contributed by atoms with Gasteiger partial charge in [0.05, 0.1) is 4.90 Å². The van der Waals surface area contributed by atoms with E-state index in [1.807, 2.05) is 37.4 Å². The first kappa shape index (κ1) is 32.4. The number of piperazine rings is 1. The third-order valence-corrected chi connectivity index (χ3v) is 8.22. The summed E-state index contributed by atoms with van der Waals surface area (Å²) in [5.74, 6) is -0.648. The fourth-order valence-electron chi connectivity index (χ4n) is 4.34. The number of carbonyl (C=O) groups excluding carboxylic acids is 2. The number of likely N-dealkylation sites (N-methyl/N-ethyl adjacent to an activating group) is 1. The number of carbonyl (C=O) groups is 2. The third kappa shape index (κ3) is 11.1. The summed E-state index contributed by atoms with van der Waals surface area (Å²) in [6.45, 7) is 2.70. The second-order valence-corrected chi connectivity index (χ2v) is 11.9. The Balaban J connectivity index is 1.75. The van der Waals surface area contributed by atoms with Crippen LogP contribution in [-0.4, -0.2) is 88.0 Å². The second kappa shape index (κ2) is 16.4. The summed E-state index contributed by atoms with van der Waals surface area (Å²) in [6, 6.07) is 15.9. The minimum absolute atomic E-state index is 0.138. The molecular weight excluding hydrogens is 558 g/mol. The molecule has 2 aromatic carbocycles. The highest BCUT2D eigenvalue weighted by Crippen LogP contribution is 2.14. The van der Waals surface area contributed by atoms with Gasteiger partial charge in [-0.15, -0.1) is 0 Å². The lowest BCUT2D eigenvalue weighted by molar-refractivity contribution is -0.123. The van der Waals surface area contributed by atoms with Gasteiger partial charge in [0, 0.05) is 37.6 Å². The Bertz CT molecular complexity index is 1290. The van der Waals surface area contributed by atoms with E-state index in [4.69, 9.17) is 16.3 Å². The molecule has 0 saturated carbocycles. The number of benzene rings is 2. The predicted octanol–water partition coefficient (Wildman–Crippen LogP) is 1.40. The molecule has 0 aromatic heterocycles. The van der Waals surface area contributed by atoms with Gasteiger partial charge in [-0.2, -0.15) is 0 Å². The van der Waals surface area contributed by atoms with Crippen LogP contribution in [0, 0.1) is 0 Å². The molecule has 1 fully saturated rings. The summed E-state index contributed by atoms with van der Waals surface area (Å²) in [4.78, 5) is 35.6. The first-order valence-corrected chi connectivity index (χ1v) is 15.5. The Kier molecular flexibility index (Phi) is 12.6. The Hall–Kier alpha value is -4.10. The number of nitrogens with two attached hydrogens (primary N) is 2. The molecular formula is C29H41N7O5S. The van der Waals surface area contributed by atoms with E-state index in [2.05, 4.69) is 20.7 Å². The van der Waals surface area contributed by atoms with E-state index in [9.17, 15) is 18.0 Å². The number of hydrogen-bond acceptors (Lipinski definition) is 7. The maximum atomic E-state index is 13.6. The highest BCUT2D eigenvalue weighted by molar-refractivity contribution is 7.94. The monoisotopic (exact) mass is 599 g/mol. The molecule has 42 heavy (non-hydrogen) atoms. The van der Waals surface area contributed by atoms with Gasteiger partial charge in [0.2, 0.25) is 11.9 Å². The molecule has 1 heterocycles. The molecule has 13 heteroatoms. The number of hydrogen-bond donors (Lipinski definition) is 4. The summed E-state index contributed by atoms with van der Waals surface area (Å²) in [5, 5.41) is 10.4. The SMILES string of the molecule is CN1CCN(C(=O)N[C@@H](CCCON=C(N)N)C(=O)N[C@H](/C=C/S(=O)(=O)c2ccccc2)CCc2ccccc2)CC1. The van der Waals surface area contributed by atoms with E-state index >= 15 is 0 Å². The molecule has 0 radical (unpaired) electrons. The van der Waals surface area contributed by atoms with Gasteiger partial charge in [-0.1, -0.05) is 54.6 Å². The first-order valence-electron chi connectivity index (χ1n) is 13.9. The van der Waals surface area contributed by atoms with Crippen molar-refractivity contribution in [2.24, 2.45) is 16.6 Å². The van der Waals surface area contributed by atoms with Crippen LogP contribution in [-0.2, 0) is 25.9 Å². The van der Waals surface area contributed by atoms with E-state index in [0.717, 1.165) is 24.1 Å². The highest BCUT2D eigenvalue weighted by atomic mass is 32.2. The second-order valence-electron chi connectivity index (χ2n) is 10.1. The maximum absolute atomic E-state index is 13.6. The van der Waals surface area contributed by atoms with Gasteiger partial charge in [0.1, 0.15) is 12.6 Å². The van der Waals surface area contributed by atoms with Crippen molar-refractivity contribution in [1.29, 1.82) is 0 Å². The van der Waals surface area contributed by atoms with Crippen LogP contribution in [0.1, 0.15) is 24.8 Å². The number of urea groups is 1. The zero-order chi connectivity index (χ0) is 30.4. The molecule has 12 nitrogen and oxygen atoms in total. The molecule has 2 atom stereocenters. The molecule has 6 N–H and O–H groups in total. The van der Waals surface area contributed by atoms with E-state index in [-0.39, 0.29) is 29.9 Å². The van der Waals surface area contributed by atoms with Crippen molar-refractivity contribution >= 4 is 27.7 Å². The molecule has 0 spiro atoms. The van der Waals surface area contributed by atoms with Crippen molar-refractivity contribution < 1.29 is 22.8 Å². The normalized spacial score (nSPS) is 15.5. The van der Waals surface area contributed by atoms with Crippen LogP contribution in [0.4, 0.5) is 4.79 Å². The van der Waals surface area contributed by atoms with Crippen molar-refractivity contribution in [3.63, 3.8) is 0 Å². The number of guanidine groups is 1. The number of nitrogens with zero attached hydrogens (tertiary/aromatic N) is 3. The van der Waals surface area contributed by atoms with Gasteiger partial charge in [0.15, 0.2) is 9.84 Å². The maximum Gasteiger partial charge on any atom is 0.318 e. The van der Waals surface area contributed by atoms with Crippen LogP contribution < -0.4 is 22.1 Å². The van der Waals surface area contributed by atoms with E-state index < -0.39 is 27.8 Å². The molecule has 0 aliphatic carbocycles. The average Bonchev–Trinajstić information content (AvgIpc) is 2.98. The summed E-state index contributed by atoms with van der Waals surface area (Å²) in [7, 11) is -1.73. The lowest BCUT2D eigenvalue weighted by Crippen LogP contribution is -2.56. The molecule has 1 saturated heterocycles. The van der Waals surface area contributed by atoms with Crippen LogP contribution in [0.15, 0.2) is 82.2 Å². The van der Waals surface area contributed by atoms with Crippen molar-refractivity contribution in [2.75, 3.05) is 39.8 Å². The van der Waals surface area contributed by atoms with Gasteiger partial charge < -0.3 is 36.7 Å². The minimum Gasteiger partial charge on any atom is -0.393 e. The first-order chi connectivity index (χ1) is 20.1. The molecule has 0 bridgehead atoms. The summed E-state index contributed by atoms with van der Waals surface area (Å²) < 4.78 is 25.8. The number of nitrogens with one attached hydrogen (secondary N) is 2. The average molecular weight is 600 g/mol. The molecule has 1 aliphatic heterocycles. The molecule has 1 aliphatic rings. The van der Waals surface area contributed by atoms with Crippen LogP contribution >= 0.6 is 0 Å². The summed E-state index contributed by atoms with van der Waals surface area (Å²) in [5.41, 5.74) is 11.6. The highest BCUT2D eigenvalue weighted by Gasteiger charge is 2.26. The zero-order valence-electron chi connectivity index (χ0n) is 23.9. The van der Waals surface area contributed by atoms with Crippen molar-refractivity contribution in [3.05, 3.63) is 77.7 Å². The molecule has 0 unspecified atom stereocenters. The predicted molar refractivity (Wildman–Crippen MR) is 162 cm³/mol. The minimum atomic E-state index is -3.72. The molecule has 3 rings (SSSR count). The molecule has 228 valence electrons. The smallest absolute Gasteiger partial charge is 0.318 e. The number of sulfone groups is 1. The quantitative estimate of drug-likeness (QED) is 0.109. The zero-order valence-corrected chi connectivity index (χ0v) is 24.7. The third-order valence-electron chi connectivity index (χ3n) is 6.78. The Morgan fingerprint density at radius 2 is 1.62 bits per heavy atom. The number of oxime groups is 1. The van der Waals surface area contributed by atoms with Crippen LogP contribution in [0.2, 0.25) is 0 Å². The van der Waals surface area contributed by atoms with Crippen molar-refractivity contribution in [3.8, 4) is 0 Å². The Morgan fingerprint density at radius 1 is 0.976 bits per heavy atom. The van der Waals surface area contributed by atoms with Crippen molar-refractivity contribution in [2.45, 2.75) is 42.7 Å². The largest absolute Gasteiger partial charge is 0.393 e. The Morgan fingerprint density at radius 3 is 2.26 bits per heavy atom. The Labute approximate surface area is 247 Å². The molecule has 2 aromatic rings. The number of amides is 3. The fourth-order valence-corrected chi connectivity index (χ4v) is 5.43. The summed E-state index contributed by atoms with van der Waals surface area (Å²) >= 11 is 0. The number of rotatable bonds is 14. The topological polar surface area (TPSA) is 172 Å². The lowest BCUT2D eigenvalue weighted by Gasteiger charge is -2.33. The van der Waals surface area contributed by atoms with E-state index in [1.165, 1.54) is 18.2 Å². The van der Waals surface area contributed by atoms with Gasteiger partial charge in [0.25, 0.3) is 0 Å². The fraction of sp³-hybridized carbons (Fsp3) is 0.414. The lowest BCUT2D eigenvalue weighted by atomic mass is 10.0. The standard InChI is InChI=1S/C29H41N7O5S/c1-35-17-19-36(20-18-35)29(38)33-26(13-8-21-41-34-28(30)31)27(37)32-24(15-14-23-9-4-2-5-10-23)16-22-42(39,40)25-11-6-3-7-12-25/h2-7,9-12,16,22,24,26H,8,13-15,17-21H2,1H3,(H,32,37)(H,33,38)(H4,30,31,34)/b22-16+/t24-,26-/m0/s1. The van der Waals surface area contributed by atoms with Crippen molar-refractivity contribution in [1.82, 2.24) is 20.4 Å². The van der Waals surface area contributed by atoms with Crippen LogP contribution in [0.25, 0.3) is 0 Å². The molecule has 3 amide bonds. The van der Waals surface area contributed by atoms with E-state index in [0.29, 0.717) is 32.4 Å². The summed E-state index contributed by atoms with van der Waals surface area (Å²) in [6.07, 6.45) is 3.17. The van der Waals surface area contributed by atoms with Gasteiger partial charge in [-0.25, -0.2) is 13.2 Å². The van der Waals surface area contributed by atoms with Gasteiger partial charge >= 0.3 is 6.03 Å². The number of aryl methyl sites for hydroxylation is 1.